The molecule has 0 saturated carbocycles. The molecular formula is C31H29NO13. The Balaban J connectivity index is 1.98. The van der Waals surface area contributed by atoms with E-state index in [9.17, 15) is 33.9 Å². The van der Waals surface area contributed by atoms with Crippen LogP contribution in [0.4, 0.5) is 5.69 Å². The Kier molecular flexibility index (Phi) is 11.2. The first-order valence-corrected chi connectivity index (χ1v) is 13.1. The Morgan fingerprint density at radius 1 is 0.667 bits per heavy atom. The molecule has 45 heavy (non-hydrogen) atoms. The molecule has 0 heterocycles. The van der Waals surface area contributed by atoms with Crippen molar-refractivity contribution in [1.29, 1.82) is 0 Å². The minimum atomic E-state index is -2.34. The van der Waals surface area contributed by atoms with Crippen molar-refractivity contribution < 1.29 is 62.3 Å². The van der Waals surface area contributed by atoms with E-state index in [1.165, 1.54) is 44.6 Å². The molecule has 0 fully saturated rings. The number of carboxylic acids is 1. The lowest BCUT2D eigenvalue weighted by molar-refractivity contribution is -0.157. The molecule has 0 bridgehead atoms. The van der Waals surface area contributed by atoms with E-state index in [4.69, 9.17) is 28.4 Å². The Hall–Kier alpha value is -5.92. The third kappa shape index (κ3) is 8.79. The van der Waals surface area contributed by atoms with Crippen LogP contribution in [0.3, 0.4) is 0 Å². The molecule has 2 atom stereocenters. The third-order valence-corrected chi connectivity index (χ3v) is 5.95. The van der Waals surface area contributed by atoms with E-state index in [0.29, 0.717) is 5.56 Å². The quantitative estimate of drug-likeness (QED) is 0.221. The highest BCUT2D eigenvalue weighted by Crippen LogP contribution is 2.30. The predicted molar refractivity (Wildman–Crippen MR) is 154 cm³/mol. The van der Waals surface area contributed by atoms with E-state index in [1.807, 2.05) is 0 Å². The van der Waals surface area contributed by atoms with Gasteiger partial charge >= 0.3 is 29.8 Å². The lowest BCUT2D eigenvalue weighted by atomic mass is 10.1. The van der Waals surface area contributed by atoms with Gasteiger partial charge in [-0.15, -0.1) is 0 Å². The van der Waals surface area contributed by atoms with Gasteiger partial charge in [0.2, 0.25) is 12.2 Å². The highest BCUT2D eigenvalue weighted by molar-refractivity contribution is 6.02. The Morgan fingerprint density at radius 3 is 1.56 bits per heavy atom. The van der Waals surface area contributed by atoms with Crippen molar-refractivity contribution in [2.45, 2.75) is 33.0 Å². The first-order chi connectivity index (χ1) is 21.3. The largest absolute Gasteiger partial charge is 0.493 e. The monoisotopic (exact) mass is 623 g/mol. The summed E-state index contributed by atoms with van der Waals surface area (Å²) in [7, 11) is 2.50. The number of aryl methyl sites for hydroxylation is 1. The number of hydrogen-bond donors (Lipinski definition) is 2. The number of carbonyl (C=O) groups is 6. The molecule has 1 amide bonds. The number of carboxylic acid groups (broad SMARTS) is 1. The second-order valence-corrected chi connectivity index (χ2v) is 9.21. The number of hydrogen-bond acceptors (Lipinski definition) is 12. The van der Waals surface area contributed by atoms with Crippen LogP contribution in [0.2, 0.25) is 0 Å². The van der Waals surface area contributed by atoms with Gasteiger partial charge in [-0.25, -0.2) is 14.4 Å². The summed E-state index contributed by atoms with van der Waals surface area (Å²) in [5.41, 5.74) is 0.435. The van der Waals surface area contributed by atoms with Gasteiger partial charge in [0.25, 0.3) is 5.91 Å². The fourth-order valence-corrected chi connectivity index (χ4v) is 3.85. The van der Waals surface area contributed by atoms with Crippen LogP contribution in [0, 0.1) is 6.92 Å². The number of aliphatic carboxylic acids is 1. The van der Waals surface area contributed by atoms with Gasteiger partial charge in [0.15, 0.2) is 23.0 Å². The van der Waals surface area contributed by atoms with Gasteiger partial charge < -0.3 is 38.8 Å². The lowest BCUT2D eigenvalue weighted by Crippen LogP contribution is -2.48. The second kappa shape index (κ2) is 15.0. The molecule has 0 unspecified atom stereocenters. The summed E-state index contributed by atoms with van der Waals surface area (Å²) in [5.74, 6) is -6.77. The van der Waals surface area contributed by atoms with Crippen LogP contribution in [0.25, 0.3) is 0 Å². The van der Waals surface area contributed by atoms with Crippen molar-refractivity contribution in [1.82, 2.24) is 0 Å². The highest BCUT2D eigenvalue weighted by atomic mass is 16.6. The van der Waals surface area contributed by atoms with Gasteiger partial charge in [-0.3, -0.25) is 14.4 Å². The number of rotatable bonds is 12. The fraction of sp³-hybridized carbons (Fsp3) is 0.226. The van der Waals surface area contributed by atoms with Crippen molar-refractivity contribution in [2.24, 2.45) is 0 Å². The molecule has 0 aliphatic heterocycles. The number of para-hydroxylation sites is 1. The standard InChI is InChI=1S/C31H29NO13/c1-16-8-6-7-9-21(16)32-28(35)26(44-30(38)19-10-12-22(42-17(2)33)24(14-19)40-4)27(29(36)37)45-31(39)20-11-13-23(43-18(3)34)25(15-20)41-5/h6-15,26-27H,1-5H3,(H,32,35)(H,36,37)/t26-,27+/m0/s1. The molecule has 0 aromatic heterocycles. The smallest absolute Gasteiger partial charge is 0.349 e. The number of anilines is 1. The molecule has 0 aliphatic carbocycles. The van der Waals surface area contributed by atoms with Crippen LogP contribution >= 0.6 is 0 Å². The van der Waals surface area contributed by atoms with Gasteiger partial charge in [0.1, 0.15) is 0 Å². The molecule has 0 spiro atoms. The number of benzene rings is 3. The van der Waals surface area contributed by atoms with Crippen LogP contribution in [0.5, 0.6) is 23.0 Å². The molecule has 0 radical (unpaired) electrons. The first-order valence-electron chi connectivity index (χ1n) is 13.1. The van der Waals surface area contributed by atoms with E-state index in [1.54, 1.807) is 25.1 Å². The fourth-order valence-electron chi connectivity index (χ4n) is 3.85. The van der Waals surface area contributed by atoms with Crippen molar-refractivity contribution in [3.63, 3.8) is 0 Å². The number of carbonyl (C=O) groups excluding carboxylic acids is 5. The van der Waals surface area contributed by atoms with Crippen LogP contribution < -0.4 is 24.3 Å². The summed E-state index contributed by atoms with van der Waals surface area (Å²) in [6.07, 6.45) is -4.55. The summed E-state index contributed by atoms with van der Waals surface area (Å²) in [6, 6.07) is 13.6. The lowest BCUT2D eigenvalue weighted by Gasteiger charge is -2.24. The van der Waals surface area contributed by atoms with E-state index in [2.05, 4.69) is 5.32 Å². The molecule has 2 N–H and O–H groups in total. The van der Waals surface area contributed by atoms with E-state index in [-0.39, 0.29) is 39.8 Å². The SMILES string of the molecule is COc1cc(C(=O)O[C@H](C(=O)Nc2ccccc2C)[C@@H](OC(=O)c2ccc(OC(C)=O)c(OC)c2)C(=O)O)ccc1OC(C)=O. The molecule has 14 heteroatoms. The maximum atomic E-state index is 13.4. The van der Waals surface area contributed by atoms with Gasteiger partial charge in [0.05, 0.1) is 25.3 Å². The van der Waals surface area contributed by atoms with Crippen LogP contribution in [-0.2, 0) is 28.7 Å². The highest BCUT2D eigenvalue weighted by Gasteiger charge is 2.41. The van der Waals surface area contributed by atoms with Crippen molar-refractivity contribution in [3.8, 4) is 23.0 Å². The molecule has 14 nitrogen and oxygen atoms in total. The van der Waals surface area contributed by atoms with Crippen LogP contribution in [-0.4, -0.2) is 67.3 Å². The zero-order valence-electron chi connectivity index (χ0n) is 24.8. The van der Waals surface area contributed by atoms with Gasteiger partial charge in [0, 0.05) is 19.5 Å². The van der Waals surface area contributed by atoms with E-state index in [0.717, 1.165) is 26.0 Å². The molecular weight excluding hydrogens is 594 g/mol. The maximum Gasteiger partial charge on any atom is 0.349 e. The predicted octanol–water partition coefficient (Wildman–Crippen LogP) is 3.34. The normalized spacial score (nSPS) is 11.7. The molecule has 0 saturated heterocycles. The van der Waals surface area contributed by atoms with Gasteiger partial charge in [-0.2, -0.15) is 0 Å². The van der Waals surface area contributed by atoms with Gasteiger partial charge in [-0.1, -0.05) is 18.2 Å². The second-order valence-electron chi connectivity index (χ2n) is 9.21. The molecule has 3 rings (SSSR count). The van der Waals surface area contributed by atoms with Gasteiger partial charge in [-0.05, 0) is 55.0 Å². The number of nitrogens with one attached hydrogen (secondary N) is 1. The zero-order chi connectivity index (χ0) is 33.3. The summed E-state index contributed by atoms with van der Waals surface area (Å²) in [4.78, 5) is 74.9. The minimum absolute atomic E-state index is 0.0112. The minimum Gasteiger partial charge on any atom is -0.493 e. The molecule has 3 aromatic rings. The number of ether oxygens (including phenoxy) is 6. The summed E-state index contributed by atoms with van der Waals surface area (Å²) >= 11 is 0. The van der Waals surface area contributed by atoms with Crippen LogP contribution in [0.15, 0.2) is 60.7 Å². The summed E-state index contributed by atoms with van der Waals surface area (Å²) in [6.45, 7) is 4.00. The van der Waals surface area contributed by atoms with E-state index >= 15 is 0 Å². The van der Waals surface area contributed by atoms with E-state index < -0.39 is 48.0 Å². The average molecular weight is 624 g/mol. The van der Waals surface area contributed by atoms with Crippen molar-refractivity contribution in [3.05, 3.63) is 77.4 Å². The summed E-state index contributed by atoms with van der Waals surface area (Å²) in [5, 5.41) is 12.5. The number of methoxy groups -OCH3 is 2. The third-order valence-electron chi connectivity index (χ3n) is 5.95. The molecule has 0 aliphatic rings. The zero-order valence-corrected chi connectivity index (χ0v) is 24.8. The number of esters is 4. The summed E-state index contributed by atoms with van der Waals surface area (Å²) < 4.78 is 30.8. The Labute approximate surface area is 256 Å². The van der Waals surface area contributed by atoms with Crippen LogP contribution in [0.1, 0.15) is 40.1 Å². The van der Waals surface area contributed by atoms with Crippen molar-refractivity contribution in [2.75, 3.05) is 19.5 Å². The molecule has 236 valence electrons. The topological polar surface area (TPSA) is 190 Å². The number of amides is 1. The maximum absolute atomic E-state index is 13.4. The first kappa shape index (κ1) is 33.6. The van der Waals surface area contributed by atoms with Crippen molar-refractivity contribution >= 4 is 41.4 Å². The average Bonchev–Trinajstić information content (AvgIpc) is 2.99. The Bertz CT molecular complexity index is 1630. The Morgan fingerprint density at radius 2 is 1.13 bits per heavy atom. The molecule has 3 aromatic carbocycles.